The first-order valence-corrected chi connectivity index (χ1v) is 4.93. The molecule has 0 aliphatic heterocycles. The highest BCUT2D eigenvalue weighted by Crippen LogP contribution is 2.20. The number of allylic oxidation sites excluding steroid dienone is 3. The average Bonchev–Trinajstić information content (AvgIpc) is 2.08. The number of carboxylic acids is 1. The van der Waals surface area contributed by atoms with Gasteiger partial charge < -0.3 is 10.8 Å². The van der Waals surface area contributed by atoms with Gasteiger partial charge in [0, 0.05) is 0 Å². The van der Waals surface area contributed by atoms with Crippen molar-refractivity contribution in [2.24, 2.45) is 11.7 Å². The molecule has 0 fully saturated rings. The van der Waals surface area contributed by atoms with Crippen molar-refractivity contribution in [1.29, 1.82) is 0 Å². The first-order valence-electron chi connectivity index (χ1n) is 3.48. The van der Waals surface area contributed by atoms with Crippen molar-refractivity contribution < 1.29 is 18.3 Å². The maximum Gasteiger partial charge on any atom is 0.316 e. The minimum atomic E-state index is -2.69. The Kier molecular flexibility index (Phi) is 2.97. The molecule has 0 heterocycles. The van der Waals surface area contributed by atoms with E-state index in [9.17, 15) is 13.2 Å². The normalized spacial score (nSPS) is 21.2. The van der Waals surface area contributed by atoms with Crippen LogP contribution in [-0.2, 0) is 15.1 Å². The molecule has 0 amide bonds. The lowest BCUT2D eigenvalue weighted by Crippen LogP contribution is -2.30. The van der Waals surface area contributed by atoms with Gasteiger partial charge in [0.25, 0.3) is 0 Å². The molecule has 7 heteroatoms. The van der Waals surface area contributed by atoms with Crippen LogP contribution in [0.25, 0.3) is 0 Å². The number of nitrogens with two attached hydrogens (primary N) is 1. The molecule has 0 saturated heterocycles. The van der Waals surface area contributed by atoms with Gasteiger partial charge in [-0.15, -0.1) is 0 Å². The topological polar surface area (TPSA) is 97.5 Å². The lowest BCUT2D eigenvalue weighted by molar-refractivity contribution is -0.138. The van der Waals surface area contributed by atoms with E-state index in [4.69, 9.17) is 22.4 Å². The van der Waals surface area contributed by atoms with Gasteiger partial charge in [0.05, 0.1) is 10.7 Å². The summed E-state index contributed by atoms with van der Waals surface area (Å²) in [4.78, 5) is 10.3. The zero-order valence-electron chi connectivity index (χ0n) is 6.77. The van der Waals surface area contributed by atoms with Crippen LogP contribution in [0.5, 0.6) is 0 Å². The second kappa shape index (κ2) is 3.85. The van der Waals surface area contributed by atoms with Crippen LogP contribution >= 0.6 is 11.6 Å². The van der Waals surface area contributed by atoms with Crippen LogP contribution in [0.3, 0.4) is 0 Å². The zero-order chi connectivity index (χ0) is 10.9. The monoisotopic (exact) mass is 235 g/mol. The maximum absolute atomic E-state index is 10.7. The van der Waals surface area contributed by atoms with Crippen LogP contribution in [0.2, 0.25) is 0 Å². The minimum absolute atomic E-state index is 0.0294. The molecule has 1 rings (SSSR count). The number of hydrogen-bond donors (Lipinski definition) is 2. The summed E-state index contributed by atoms with van der Waals surface area (Å²) in [6, 6.07) is 0. The largest absolute Gasteiger partial charge is 0.481 e. The Bertz CT molecular complexity index is 466. The summed E-state index contributed by atoms with van der Waals surface area (Å²) in [6.45, 7) is 0. The van der Waals surface area contributed by atoms with Crippen molar-refractivity contribution in [3.05, 3.63) is 22.9 Å². The molecule has 1 unspecified atom stereocenters. The van der Waals surface area contributed by atoms with Crippen LogP contribution in [0.15, 0.2) is 22.9 Å². The van der Waals surface area contributed by atoms with Gasteiger partial charge in [-0.3, -0.25) is 4.79 Å². The summed E-state index contributed by atoms with van der Waals surface area (Å²) in [5.74, 6) is -2.54. The summed E-state index contributed by atoms with van der Waals surface area (Å²) < 4.78 is 21.4. The first kappa shape index (κ1) is 10.8. The van der Waals surface area contributed by atoms with Gasteiger partial charge in [-0.1, -0.05) is 17.7 Å². The fourth-order valence-corrected chi connectivity index (χ4v) is 1.94. The second-order valence-corrected chi connectivity index (χ2v) is 3.85. The van der Waals surface area contributed by atoms with Gasteiger partial charge in [0.15, 0.2) is 0 Å². The Labute approximate surface area is 86.0 Å². The number of rotatable bonds is 1. The summed E-state index contributed by atoms with van der Waals surface area (Å²) in [5.41, 5.74) is 5.14. The van der Waals surface area contributed by atoms with E-state index in [2.05, 4.69) is 0 Å². The summed E-state index contributed by atoms with van der Waals surface area (Å²) >= 11 is 5.56. The van der Waals surface area contributed by atoms with E-state index in [-0.39, 0.29) is 10.7 Å². The van der Waals surface area contributed by atoms with Crippen LogP contribution in [0.1, 0.15) is 0 Å². The van der Waals surface area contributed by atoms with Gasteiger partial charge in [-0.2, -0.15) is 8.42 Å². The summed E-state index contributed by atoms with van der Waals surface area (Å²) in [6.07, 6.45) is 2.44. The van der Waals surface area contributed by atoms with Gasteiger partial charge in [-0.05, 0) is 6.08 Å². The van der Waals surface area contributed by atoms with Crippen LogP contribution in [0, 0.1) is 5.92 Å². The summed E-state index contributed by atoms with van der Waals surface area (Å²) in [7, 11) is -2.69. The Hall–Kier alpha value is -1.27. The predicted octanol–water partition coefficient (Wildman–Crippen LogP) is -0.282. The van der Waals surface area contributed by atoms with Gasteiger partial charge in [0.2, 0.25) is 10.3 Å². The highest BCUT2D eigenvalue weighted by Gasteiger charge is 2.28. The number of carbonyl (C=O) groups is 1. The number of aliphatic carboxylic acids is 1. The molecule has 76 valence electrons. The zero-order valence-corrected chi connectivity index (χ0v) is 8.34. The SMILES string of the molecule is NC1=C(Cl)C=CC(C(=O)O)C1=S(=O)=O. The van der Waals surface area contributed by atoms with Crippen molar-refractivity contribution in [3.63, 3.8) is 0 Å². The van der Waals surface area contributed by atoms with Gasteiger partial charge in [-0.25, -0.2) is 0 Å². The van der Waals surface area contributed by atoms with E-state index >= 15 is 0 Å². The lowest BCUT2D eigenvalue weighted by atomic mass is 9.98. The molecule has 5 nitrogen and oxygen atoms in total. The number of carboxylic acid groups (broad SMARTS) is 1. The maximum atomic E-state index is 10.7. The highest BCUT2D eigenvalue weighted by atomic mass is 35.5. The third kappa shape index (κ3) is 1.80. The van der Waals surface area contributed by atoms with Gasteiger partial charge >= 0.3 is 5.97 Å². The van der Waals surface area contributed by atoms with E-state index in [1.54, 1.807) is 0 Å². The fourth-order valence-electron chi connectivity index (χ4n) is 1.03. The molecule has 1 aliphatic carbocycles. The highest BCUT2D eigenvalue weighted by molar-refractivity contribution is 7.73. The Morgan fingerprint density at radius 3 is 2.57 bits per heavy atom. The van der Waals surface area contributed by atoms with E-state index in [1.165, 1.54) is 12.2 Å². The van der Waals surface area contributed by atoms with Crippen molar-refractivity contribution in [2.45, 2.75) is 0 Å². The molecule has 0 radical (unpaired) electrons. The summed E-state index contributed by atoms with van der Waals surface area (Å²) in [5, 5.41) is 8.72. The Morgan fingerprint density at radius 1 is 1.57 bits per heavy atom. The van der Waals surface area contributed by atoms with Crippen molar-refractivity contribution in [3.8, 4) is 0 Å². The third-order valence-electron chi connectivity index (χ3n) is 1.69. The fraction of sp³-hybridized carbons (Fsp3) is 0.143. The Morgan fingerprint density at radius 2 is 2.14 bits per heavy atom. The smallest absolute Gasteiger partial charge is 0.316 e. The van der Waals surface area contributed by atoms with E-state index in [0.717, 1.165) is 0 Å². The lowest BCUT2D eigenvalue weighted by Gasteiger charge is -2.13. The number of halogens is 1. The molecule has 0 saturated carbocycles. The van der Waals surface area contributed by atoms with Crippen LogP contribution in [0.4, 0.5) is 0 Å². The van der Waals surface area contributed by atoms with E-state index < -0.39 is 27.0 Å². The first-order chi connectivity index (χ1) is 6.45. The predicted molar refractivity (Wildman–Crippen MR) is 51.3 cm³/mol. The van der Waals surface area contributed by atoms with Gasteiger partial charge in [0.1, 0.15) is 10.8 Å². The van der Waals surface area contributed by atoms with E-state index in [0.29, 0.717) is 0 Å². The van der Waals surface area contributed by atoms with Crippen LogP contribution < -0.4 is 5.73 Å². The quantitative estimate of drug-likeness (QED) is 0.609. The number of hydrogen-bond acceptors (Lipinski definition) is 4. The molecule has 3 N–H and O–H groups in total. The molecular weight excluding hydrogens is 230 g/mol. The molecule has 0 aromatic heterocycles. The molecule has 1 atom stereocenters. The average molecular weight is 236 g/mol. The molecule has 1 aliphatic rings. The Balaban J connectivity index is 3.42. The molecule has 0 aromatic rings. The second-order valence-electron chi connectivity index (χ2n) is 2.54. The molecule has 0 spiro atoms. The van der Waals surface area contributed by atoms with Crippen LogP contribution in [-0.4, -0.2) is 24.4 Å². The third-order valence-corrected chi connectivity index (χ3v) is 2.85. The molecular formula is C7H6ClNO4S. The minimum Gasteiger partial charge on any atom is -0.481 e. The molecule has 14 heavy (non-hydrogen) atoms. The van der Waals surface area contributed by atoms with Crippen molar-refractivity contribution in [2.75, 3.05) is 0 Å². The van der Waals surface area contributed by atoms with Crippen molar-refractivity contribution >= 4 is 32.7 Å². The van der Waals surface area contributed by atoms with E-state index in [1.807, 2.05) is 0 Å². The molecule has 0 bridgehead atoms. The van der Waals surface area contributed by atoms with Crippen molar-refractivity contribution in [1.82, 2.24) is 0 Å². The molecule has 0 aromatic carbocycles. The standard InChI is InChI=1S/C7H6ClNO4S/c8-4-2-1-3(7(10)11)6(5(4)9)14(12)13/h1-3H,9H2,(H,10,11).